The van der Waals surface area contributed by atoms with E-state index in [4.69, 9.17) is 10.5 Å². The number of anilines is 1. The van der Waals surface area contributed by atoms with Crippen molar-refractivity contribution in [2.75, 3.05) is 25.1 Å². The third-order valence-electron chi connectivity index (χ3n) is 3.27. The van der Waals surface area contributed by atoms with Crippen LogP contribution in [0.15, 0.2) is 16.7 Å². The lowest BCUT2D eigenvalue weighted by Crippen LogP contribution is -2.50. The van der Waals surface area contributed by atoms with Gasteiger partial charge in [0.05, 0.1) is 5.54 Å². The van der Waals surface area contributed by atoms with E-state index < -0.39 is 0 Å². The molecule has 2 heterocycles. The Morgan fingerprint density at radius 1 is 1.53 bits per heavy atom. The second-order valence-electron chi connectivity index (χ2n) is 4.54. The molecule has 1 aliphatic heterocycles. The van der Waals surface area contributed by atoms with Crippen LogP contribution in [0, 0.1) is 6.92 Å². The van der Waals surface area contributed by atoms with Crippen molar-refractivity contribution in [3.05, 3.63) is 22.3 Å². The van der Waals surface area contributed by atoms with E-state index >= 15 is 0 Å². The molecule has 0 spiro atoms. The zero-order valence-electron chi connectivity index (χ0n) is 10.0. The monoisotopic (exact) mass is 299 g/mol. The van der Waals surface area contributed by atoms with Crippen LogP contribution in [-0.4, -0.2) is 30.3 Å². The summed E-state index contributed by atoms with van der Waals surface area (Å²) in [6, 6.07) is 2.05. The molecule has 17 heavy (non-hydrogen) atoms. The molecule has 1 saturated heterocycles. The summed E-state index contributed by atoms with van der Waals surface area (Å²) in [4.78, 5) is 4.41. The van der Waals surface area contributed by atoms with Crippen LogP contribution in [-0.2, 0) is 4.74 Å². The van der Waals surface area contributed by atoms with E-state index in [1.807, 2.05) is 6.92 Å². The summed E-state index contributed by atoms with van der Waals surface area (Å²) in [5.41, 5.74) is 6.97. The maximum atomic E-state index is 5.91. The van der Waals surface area contributed by atoms with Crippen molar-refractivity contribution >= 4 is 21.7 Å². The van der Waals surface area contributed by atoms with Gasteiger partial charge in [0, 0.05) is 30.4 Å². The highest BCUT2D eigenvalue weighted by Crippen LogP contribution is 2.26. The molecule has 4 nitrogen and oxygen atoms in total. The molecule has 0 unspecified atom stereocenters. The number of aryl methyl sites for hydroxylation is 1. The van der Waals surface area contributed by atoms with Gasteiger partial charge in [-0.3, -0.25) is 0 Å². The third-order valence-corrected chi connectivity index (χ3v) is 3.70. The van der Waals surface area contributed by atoms with Crippen molar-refractivity contribution < 1.29 is 4.74 Å². The molecular weight excluding hydrogens is 282 g/mol. The average molecular weight is 300 g/mol. The number of ether oxygens (including phenoxy) is 1. The second-order valence-corrected chi connectivity index (χ2v) is 5.46. The summed E-state index contributed by atoms with van der Waals surface area (Å²) in [5, 5.41) is 3.50. The van der Waals surface area contributed by atoms with Gasteiger partial charge < -0.3 is 15.8 Å². The number of halogens is 1. The highest BCUT2D eigenvalue weighted by molar-refractivity contribution is 9.10. The van der Waals surface area contributed by atoms with Crippen LogP contribution in [0.5, 0.6) is 0 Å². The molecule has 1 fully saturated rings. The normalized spacial score (nSPS) is 19.0. The van der Waals surface area contributed by atoms with Crippen molar-refractivity contribution in [2.45, 2.75) is 25.3 Å². The van der Waals surface area contributed by atoms with Crippen LogP contribution >= 0.6 is 15.9 Å². The van der Waals surface area contributed by atoms with Gasteiger partial charge in [-0.15, -0.1) is 0 Å². The lowest BCUT2D eigenvalue weighted by atomic mass is 9.90. The first kappa shape index (κ1) is 12.8. The lowest BCUT2D eigenvalue weighted by molar-refractivity contribution is 0.0626. The second kappa shape index (κ2) is 5.33. The summed E-state index contributed by atoms with van der Waals surface area (Å²) >= 11 is 3.42. The first-order valence-corrected chi connectivity index (χ1v) is 6.63. The molecule has 1 aliphatic rings. The number of nitrogens with one attached hydrogen (secondary N) is 1. The van der Waals surface area contributed by atoms with E-state index in [2.05, 4.69) is 32.3 Å². The standard InChI is InChI=1S/C12H18BrN3O/c1-9-6-10(13)7-15-11(9)16-12(8-14)2-4-17-5-3-12/h6-7H,2-5,8,14H2,1H3,(H,15,16). The number of hydrogen-bond donors (Lipinski definition) is 2. The van der Waals surface area contributed by atoms with Gasteiger partial charge in [0.15, 0.2) is 0 Å². The molecule has 0 saturated carbocycles. The van der Waals surface area contributed by atoms with E-state index in [0.717, 1.165) is 41.9 Å². The van der Waals surface area contributed by atoms with Crippen LogP contribution in [0.25, 0.3) is 0 Å². The Morgan fingerprint density at radius 3 is 2.82 bits per heavy atom. The molecular formula is C12H18BrN3O. The van der Waals surface area contributed by atoms with E-state index in [1.54, 1.807) is 6.20 Å². The molecule has 1 aromatic rings. The van der Waals surface area contributed by atoms with Crippen molar-refractivity contribution in [1.82, 2.24) is 4.98 Å². The molecule has 0 aliphatic carbocycles. The first-order chi connectivity index (χ1) is 8.15. The minimum atomic E-state index is -0.0656. The molecule has 94 valence electrons. The summed E-state index contributed by atoms with van der Waals surface area (Å²) in [6.45, 7) is 4.18. The van der Waals surface area contributed by atoms with Crippen molar-refractivity contribution in [3.63, 3.8) is 0 Å². The molecule has 0 amide bonds. The minimum absolute atomic E-state index is 0.0656. The number of pyridine rings is 1. The average Bonchev–Trinajstić information content (AvgIpc) is 2.34. The zero-order chi connectivity index (χ0) is 12.3. The van der Waals surface area contributed by atoms with Crippen LogP contribution in [0.2, 0.25) is 0 Å². The summed E-state index contributed by atoms with van der Waals surface area (Å²) < 4.78 is 6.38. The highest BCUT2D eigenvalue weighted by Gasteiger charge is 2.31. The molecule has 0 atom stereocenters. The van der Waals surface area contributed by atoms with Crippen molar-refractivity contribution in [3.8, 4) is 0 Å². The van der Waals surface area contributed by atoms with Crippen LogP contribution in [0.3, 0.4) is 0 Å². The van der Waals surface area contributed by atoms with Gasteiger partial charge in [-0.25, -0.2) is 4.98 Å². The first-order valence-electron chi connectivity index (χ1n) is 5.83. The number of hydrogen-bond acceptors (Lipinski definition) is 4. The van der Waals surface area contributed by atoms with Crippen LogP contribution in [0.1, 0.15) is 18.4 Å². The predicted octanol–water partition coefficient (Wildman–Crippen LogP) is 2.07. The Kier molecular flexibility index (Phi) is 4.01. The van der Waals surface area contributed by atoms with Crippen LogP contribution in [0.4, 0.5) is 5.82 Å². The third kappa shape index (κ3) is 2.97. The Morgan fingerprint density at radius 2 is 2.24 bits per heavy atom. The molecule has 5 heteroatoms. The Bertz CT molecular complexity index is 391. The van der Waals surface area contributed by atoms with Gasteiger partial charge in [-0.1, -0.05) is 0 Å². The van der Waals surface area contributed by atoms with Gasteiger partial charge in [0.2, 0.25) is 0 Å². The van der Waals surface area contributed by atoms with Gasteiger partial charge in [-0.2, -0.15) is 0 Å². The molecule has 0 aromatic carbocycles. The fourth-order valence-electron chi connectivity index (χ4n) is 2.06. The Hall–Kier alpha value is -0.650. The molecule has 0 bridgehead atoms. The van der Waals surface area contributed by atoms with Gasteiger partial charge in [0.1, 0.15) is 5.82 Å². The topological polar surface area (TPSA) is 60.2 Å². The van der Waals surface area contributed by atoms with Gasteiger partial charge >= 0.3 is 0 Å². The molecule has 2 rings (SSSR count). The van der Waals surface area contributed by atoms with Crippen LogP contribution < -0.4 is 11.1 Å². The van der Waals surface area contributed by atoms with E-state index in [1.165, 1.54) is 0 Å². The maximum Gasteiger partial charge on any atom is 0.129 e. The zero-order valence-corrected chi connectivity index (χ0v) is 11.6. The number of nitrogens with two attached hydrogens (primary N) is 1. The Labute approximate surface area is 110 Å². The molecule has 3 N–H and O–H groups in total. The predicted molar refractivity (Wildman–Crippen MR) is 72.1 cm³/mol. The number of nitrogens with zero attached hydrogens (tertiary/aromatic N) is 1. The maximum absolute atomic E-state index is 5.91. The minimum Gasteiger partial charge on any atom is -0.381 e. The fourth-order valence-corrected chi connectivity index (χ4v) is 2.51. The van der Waals surface area contributed by atoms with Gasteiger partial charge in [-0.05, 0) is 47.3 Å². The van der Waals surface area contributed by atoms with E-state index in [9.17, 15) is 0 Å². The molecule has 1 aromatic heterocycles. The van der Waals surface area contributed by atoms with E-state index in [-0.39, 0.29) is 5.54 Å². The highest BCUT2D eigenvalue weighted by atomic mass is 79.9. The quantitative estimate of drug-likeness (QED) is 0.897. The summed E-state index contributed by atoms with van der Waals surface area (Å²) in [5.74, 6) is 0.917. The largest absolute Gasteiger partial charge is 0.381 e. The smallest absolute Gasteiger partial charge is 0.129 e. The number of rotatable bonds is 3. The fraction of sp³-hybridized carbons (Fsp3) is 0.583. The number of aromatic nitrogens is 1. The Balaban J connectivity index is 2.17. The van der Waals surface area contributed by atoms with E-state index in [0.29, 0.717) is 6.54 Å². The summed E-state index contributed by atoms with van der Waals surface area (Å²) in [6.07, 6.45) is 3.67. The molecule has 0 radical (unpaired) electrons. The SMILES string of the molecule is Cc1cc(Br)cnc1NC1(CN)CCOCC1. The lowest BCUT2D eigenvalue weighted by Gasteiger charge is -2.37. The van der Waals surface area contributed by atoms with Crippen molar-refractivity contribution in [2.24, 2.45) is 5.73 Å². The van der Waals surface area contributed by atoms with Gasteiger partial charge in [0.25, 0.3) is 0 Å². The summed E-state index contributed by atoms with van der Waals surface area (Å²) in [7, 11) is 0. The van der Waals surface area contributed by atoms with Crippen molar-refractivity contribution in [1.29, 1.82) is 0 Å².